The van der Waals surface area contributed by atoms with Crippen molar-refractivity contribution in [3.05, 3.63) is 29.3 Å². The fourth-order valence-corrected chi connectivity index (χ4v) is 1.34. The van der Waals surface area contributed by atoms with E-state index in [1.807, 2.05) is 0 Å². The van der Waals surface area contributed by atoms with E-state index in [-0.39, 0.29) is 16.2 Å². The highest BCUT2D eigenvalue weighted by molar-refractivity contribution is 7.80. The zero-order chi connectivity index (χ0) is 10.7. The van der Waals surface area contributed by atoms with E-state index < -0.39 is 6.43 Å². The van der Waals surface area contributed by atoms with Gasteiger partial charge in [-0.1, -0.05) is 13.0 Å². The maximum absolute atomic E-state index is 12.4. The van der Waals surface area contributed by atoms with Gasteiger partial charge in [0, 0.05) is 22.4 Å². The van der Waals surface area contributed by atoms with Gasteiger partial charge in [-0.3, -0.25) is 4.79 Å². The highest BCUT2D eigenvalue weighted by atomic mass is 32.1. The minimum Gasteiger partial charge on any atom is -0.294 e. The molecule has 14 heavy (non-hydrogen) atoms. The third-order valence-corrected chi connectivity index (χ3v) is 2.31. The van der Waals surface area contributed by atoms with Crippen molar-refractivity contribution in [1.82, 2.24) is 0 Å². The second kappa shape index (κ2) is 4.55. The van der Waals surface area contributed by atoms with E-state index in [0.29, 0.717) is 12.0 Å². The smallest absolute Gasteiger partial charge is 0.264 e. The summed E-state index contributed by atoms with van der Waals surface area (Å²) in [4.78, 5) is 11.4. The van der Waals surface area contributed by atoms with E-state index >= 15 is 0 Å². The highest BCUT2D eigenvalue weighted by Gasteiger charge is 2.13. The van der Waals surface area contributed by atoms with Crippen LogP contribution in [-0.2, 0) is 0 Å². The first-order valence-corrected chi connectivity index (χ1v) is 4.65. The van der Waals surface area contributed by atoms with Gasteiger partial charge in [-0.25, -0.2) is 8.78 Å². The van der Waals surface area contributed by atoms with Crippen LogP contribution in [0.15, 0.2) is 23.1 Å². The molecular weight excluding hydrogens is 206 g/mol. The third kappa shape index (κ3) is 2.32. The number of rotatable bonds is 3. The Hall–Kier alpha value is -0.900. The Morgan fingerprint density at radius 1 is 1.50 bits per heavy atom. The van der Waals surface area contributed by atoms with Crippen molar-refractivity contribution in [2.24, 2.45) is 0 Å². The Bertz CT molecular complexity index is 350. The molecule has 0 atom stereocenters. The van der Waals surface area contributed by atoms with Gasteiger partial charge in [0.25, 0.3) is 6.43 Å². The molecule has 76 valence electrons. The molecule has 0 N–H and O–H groups in total. The number of carbonyl (C=O) groups excluding carboxylic acids is 1. The summed E-state index contributed by atoms with van der Waals surface area (Å²) in [5.74, 6) is -0.139. The summed E-state index contributed by atoms with van der Waals surface area (Å²) >= 11 is 3.89. The topological polar surface area (TPSA) is 17.1 Å². The van der Waals surface area contributed by atoms with E-state index in [2.05, 4.69) is 12.6 Å². The summed E-state index contributed by atoms with van der Waals surface area (Å²) in [6.07, 6.45) is -2.28. The predicted molar refractivity (Wildman–Crippen MR) is 53.3 cm³/mol. The maximum Gasteiger partial charge on any atom is 0.264 e. The van der Waals surface area contributed by atoms with Crippen molar-refractivity contribution in [1.29, 1.82) is 0 Å². The fraction of sp³-hybridized carbons (Fsp3) is 0.300. The zero-order valence-electron chi connectivity index (χ0n) is 7.63. The Morgan fingerprint density at radius 2 is 2.14 bits per heavy atom. The van der Waals surface area contributed by atoms with E-state index in [1.54, 1.807) is 6.92 Å². The normalized spacial score (nSPS) is 10.6. The zero-order valence-corrected chi connectivity index (χ0v) is 8.52. The van der Waals surface area contributed by atoms with Gasteiger partial charge in [0.05, 0.1) is 0 Å². The van der Waals surface area contributed by atoms with Crippen molar-refractivity contribution in [2.75, 3.05) is 0 Å². The molecule has 0 saturated heterocycles. The number of Topliss-reactive ketones (excluding diaryl/α,β-unsaturated/α-hetero) is 1. The standard InChI is InChI=1S/C10H10F2OS/c1-2-8(13)6-3-4-9(14)7(5-6)10(11)12/h3-5,10,14H,2H2,1H3. The van der Waals surface area contributed by atoms with Crippen LogP contribution in [0.3, 0.4) is 0 Å². The number of halogens is 2. The van der Waals surface area contributed by atoms with Gasteiger partial charge in [-0.15, -0.1) is 12.6 Å². The van der Waals surface area contributed by atoms with Gasteiger partial charge >= 0.3 is 0 Å². The van der Waals surface area contributed by atoms with Crippen LogP contribution in [0.25, 0.3) is 0 Å². The summed E-state index contributed by atoms with van der Waals surface area (Å²) in [5.41, 5.74) is 0.133. The van der Waals surface area contributed by atoms with Crippen LogP contribution in [0.5, 0.6) is 0 Å². The van der Waals surface area contributed by atoms with Crippen LogP contribution in [0.2, 0.25) is 0 Å². The fourth-order valence-electron chi connectivity index (χ4n) is 1.11. The molecule has 4 heteroatoms. The Balaban J connectivity index is 3.13. The monoisotopic (exact) mass is 216 g/mol. The summed E-state index contributed by atoms with van der Waals surface area (Å²) in [6, 6.07) is 4.15. The number of alkyl halides is 2. The number of carbonyl (C=O) groups is 1. The molecule has 0 saturated carbocycles. The minimum atomic E-state index is -2.59. The molecule has 0 bridgehead atoms. The van der Waals surface area contributed by atoms with Gasteiger partial charge in [0.1, 0.15) is 0 Å². The molecule has 0 radical (unpaired) electrons. The number of thiol groups is 1. The van der Waals surface area contributed by atoms with Crippen LogP contribution in [0, 0.1) is 0 Å². The predicted octanol–water partition coefficient (Wildman–Crippen LogP) is 3.51. The SMILES string of the molecule is CCC(=O)c1ccc(S)c(C(F)F)c1. The molecule has 1 rings (SSSR count). The Morgan fingerprint density at radius 3 is 2.64 bits per heavy atom. The average Bonchev–Trinajstić information content (AvgIpc) is 2.17. The second-order valence-corrected chi connectivity index (χ2v) is 3.33. The molecule has 1 nitrogen and oxygen atoms in total. The first kappa shape index (κ1) is 11.2. The number of hydrogen-bond acceptors (Lipinski definition) is 2. The molecule has 0 fully saturated rings. The Labute approximate surface area is 86.5 Å². The number of hydrogen-bond donors (Lipinski definition) is 1. The van der Waals surface area contributed by atoms with E-state index in [4.69, 9.17) is 0 Å². The lowest BCUT2D eigenvalue weighted by Gasteiger charge is -2.05. The van der Waals surface area contributed by atoms with Crippen molar-refractivity contribution in [3.8, 4) is 0 Å². The molecule has 0 spiro atoms. The molecule has 1 aromatic carbocycles. The van der Waals surface area contributed by atoms with Gasteiger partial charge in [-0.05, 0) is 12.1 Å². The molecule has 0 aliphatic carbocycles. The van der Waals surface area contributed by atoms with Crippen LogP contribution in [0.1, 0.15) is 35.7 Å². The van der Waals surface area contributed by atoms with Crippen LogP contribution in [-0.4, -0.2) is 5.78 Å². The molecule has 0 unspecified atom stereocenters. The highest BCUT2D eigenvalue weighted by Crippen LogP contribution is 2.26. The lowest BCUT2D eigenvalue weighted by molar-refractivity contribution is 0.0987. The second-order valence-electron chi connectivity index (χ2n) is 2.85. The molecular formula is C10H10F2OS. The van der Waals surface area contributed by atoms with Gasteiger partial charge in [0.15, 0.2) is 5.78 Å². The lowest BCUT2D eigenvalue weighted by Crippen LogP contribution is -1.98. The first-order chi connectivity index (χ1) is 6.56. The summed E-state index contributed by atoms with van der Waals surface area (Å²) in [6.45, 7) is 1.69. The molecule has 0 aliphatic rings. The molecule has 1 aromatic rings. The average molecular weight is 216 g/mol. The molecule has 0 heterocycles. The van der Waals surface area contributed by atoms with Crippen molar-refractivity contribution < 1.29 is 13.6 Å². The van der Waals surface area contributed by atoms with E-state index in [1.165, 1.54) is 18.2 Å². The largest absolute Gasteiger partial charge is 0.294 e. The molecule has 0 amide bonds. The van der Waals surface area contributed by atoms with Crippen molar-refractivity contribution in [3.63, 3.8) is 0 Å². The minimum absolute atomic E-state index is 0.139. The van der Waals surface area contributed by atoms with Crippen LogP contribution >= 0.6 is 12.6 Å². The first-order valence-electron chi connectivity index (χ1n) is 4.20. The van der Waals surface area contributed by atoms with Crippen LogP contribution in [0.4, 0.5) is 8.78 Å². The van der Waals surface area contributed by atoms with Crippen molar-refractivity contribution >= 4 is 18.4 Å². The summed E-state index contributed by atoms with van der Waals surface area (Å²) in [7, 11) is 0. The van der Waals surface area contributed by atoms with Crippen molar-refractivity contribution in [2.45, 2.75) is 24.7 Å². The quantitative estimate of drug-likeness (QED) is 0.604. The Kier molecular flexibility index (Phi) is 3.63. The van der Waals surface area contributed by atoms with Gasteiger partial charge in [-0.2, -0.15) is 0 Å². The number of benzene rings is 1. The summed E-state index contributed by atoms with van der Waals surface area (Å²) in [5, 5.41) is 0. The van der Waals surface area contributed by atoms with E-state index in [0.717, 1.165) is 0 Å². The molecule has 0 aliphatic heterocycles. The van der Waals surface area contributed by atoms with Crippen LogP contribution < -0.4 is 0 Å². The van der Waals surface area contributed by atoms with Gasteiger partial charge in [0.2, 0.25) is 0 Å². The lowest BCUT2D eigenvalue weighted by atomic mass is 10.1. The molecule has 0 aromatic heterocycles. The third-order valence-electron chi connectivity index (χ3n) is 1.91. The number of ketones is 1. The summed E-state index contributed by atoms with van der Waals surface area (Å²) < 4.78 is 24.8. The van der Waals surface area contributed by atoms with Gasteiger partial charge < -0.3 is 0 Å². The maximum atomic E-state index is 12.4. The van der Waals surface area contributed by atoms with E-state index in [9.17, 15) is 13.6 Å².